The number of rotatable bonds is 8. The molecule has 6 unspecified atom stereocenters. The van der Waals surface area contributed by atoms with Crippen molar-refractivity contribution >= 4 is 0 Å². The first-order valence-corrected chi connectivity index (χ1v) is 9.67. The average Bonchev–Trinajstić information content (AvgIpc) is 3.15. The van der Waals surface area contributed by atoms with E-state index >= 15 is 0 Å². The highest BCUT2D eigenvalue weighted by Gasteiger charge is 2.78. The quantitative estimate of drug-likeness (QED) is 0.563. The zero-order chi connectivity index (χ0) is 15.8. The third-order valence-electron chi connectivity index (χ3n) is 7.60. The van der Waals surface area contributed by atoms with E-state index in [0.717, 1.165) is 23.8 Å². The van der Waals surface area contributed by atoms with Gasteiger partial charge in [-0.3, -0.25) is 0 Å². The zero-order valence-electron chi connectivity index (χ0n) is 15.7. The lowest BCUT2D eigenvalue weighted by atomic mass is 9.40. The molecule has 0 radical (unpaired) electrons. The van der Waals surface area contributed by atoms with Gasteiger partial charge in [0, 0.05) is 6.04 Å². The minimum Gasteiger partial charge on any atom is -0.303 e. The fraction of sp³-hybridized carbons (Fsp3) is 1.00. The second-order valence-electron chi connectivity index (χ2n) is 8.16. The molecule has 2 rings (SSSR count). The summed E-state index contributed by atoms with van der Waals surface area (Å²) in [6, 6.07) is 0.840. The molecule has 21 heavy (non-hydrogen) atoms. The van der Waals surface area contributed by atoms with E-state index in [4.69, 9.17) is 0 Å². The summed E-state index contributed by atoms with van der Waals surface area (Å²) in [5, 5.41) is 0. The molecule has 0 aromatic rings. The lowest BCUT2D eigenvalue weighted by Crippen LogP contribution is -2.70. The third-order valence-corrected chi connectivity index (χ3v) is 7.60. The minimum absolute atomic E-state index is 0.583. The molecule has 1 heteroatoms. The molecule has 124 valence electrons. The average molecular weight is 294 g/mol. The highest BCUT2D eigenvalue weighted by atomic mass is 15.2. The van der Waals surface area contributed by atoms with Crippen LogP contribution in [0.4, 0.5) is 0 Å². The van der Waals surface area contributed by atoms with Crippen molar-refractivity contribution in [2.24, 2.45) is 28.6 Å². The Morgan fingerprint density at radius 3 is 2.19 bits per heavy atom. The van der Waals surface area contributed by atoms with Crippen LogP contribution in [0.1, 0.15) is 80.1 Å². The van der Waals surface area contributed by atoms with E-state index in [2.05, 4.69) is 53.5 Å². The summed E-state index contributed by atoms with van der Waals surface area (Å²) >= 11 is 0. The molecule has 0 N–H and O–H groups in total. The van der Waals surface area contributed by atoms with Gasteiger partial charge in [0.15, 0.2) is 0 Å². The van der Waals surface area contributed by atoms with Gasteiger partial charge in [-0.05, 0) is 55.0 Å². The van der Waals surface area contributed by atoms with Crippen LogP contribution in [0.2, 0.25) is 0 Å². The molecule has 6 atom stereocenters. The van der Waals surface area contributed by atoms with E-state index < -0.39 is 0 Å². The normalized spacial score (nSPS) is 43.1. The van der Waals surface area contributed by atoms with Crippen LogP contribution >= 0.6 is 0 Å². The summed E-state index contributed by atoms with van der Waals surface area (Å²) in [6.07, 6.45) is 8.44. The van der Waals surface area contributed by atoms with Gasteiger partial charge in [-0.15, -0.1) is 0 Å². The number of nitrogens with zero attached hydrogens (tertiary/aromatic N) is 1. The second kappa shape index (κ2) is 6.22. The van der Waals surface area contributed by atoms with E-state index in [1.54, 1.807) is 0 Å². The van der Waals surface area contributed by atoms with Gasteiger partial charge in [0.2, 0.25) is 0 Å². The maximum Gasteiger partial charge on any atom is 0.0216 e. The zero-order valence-corrected chi connectivity index (χ0v) is 15.7. The van der Waals surface area contributed by atoms with Crippen LogP contribution in [0.15, 0.2) is 0 Å². The monoisotopic (exact) mass is 293 g/mol. The van der Waals surface area contributed by atoms with Gasteiger partial charge in [-0.1, -0.05) is 67.2 Å². The lowest BCUT2D eigenvalue weighted by molar-refractivity contribution is -0.197. The molecule has 1 nitrogen and oxygen atoms in total. The molecule has 0 saturated heterocycles. The lowest BCUT2D eigenvalue weighted by Gasteiger charge is -2.68. The summed E-state index contributed by atoms with van der Waals surface area (Å²) in [5.41, 5.74) is 1.26. The van der Waals surface area contributed by atoms with Crippen molar-refractivity contribution in [1.29, 1.82) is 0 Å². The topological polar surface area (TPSA) is 3.24 Å². The molecule has 0 aromatic carbocycles. The summed E-state index contributed by atoms with van der Waals surface area (Å²) in [6.45, 7) is 15.9. The van der Waals surface area contributed by atoms with Gasteiger partial charge in [-0.25, -0.2) is 0 Å². The van der Waals surface area contributed by atoms with Crippen molar-refractivity contribution in [1.82, 2.24) is 4.90 Å². The molecule has 0 heterocycles. The Hall–Kier alpha value is -0.0400. The van der Waals surface area contributed by atoms with Crippen LogP contribution in [0, 0.1) is 28.6 Å². The molecule has 0 aromatic heterocycles. The molecule has 2 aliphatic rings. The SMILES string of the molecule is CCCCC(C)C1(CC)C(CC)C2(CC2C)C1N(C)CC. The molecular formula is C20H39N. The van der Waals surface area contributed by atoms with Gasteiger partial charge in [0.05, 0.1) is 0 Å². The Morgan fingerprint density at radius 1 is 1.19 bits per heavy atom. The Morgan fingerprint density at radius 2 is 1.81 bits per heavy atom. The van der Waals surface area contributed by atoms with Crippen molar-refractivity contribution in [2.75, 3.05) is 13.6 Å². The van der Waals surface area contributed by atoms with Gasteiger partial charge >= 0.3 is 0 Å². The maximum atomic E-state index is 2.71. The number of hydrogen-bond acceptors (Lipinski definition) is 1. The first-order valence-electron chi connectivity index (χ1n) is 9.67. The standard InChI is InChI=1S/C20H39N/c1-8-12-13-15(5)19(10-3)17(9-2)20(14-16(20)6)18(19)21(7)11-4/h15-18H,8-14H2,1-7H3. The Kier molecular flexibility index (Phi) is 5.13. The first kappa shape index (κ1) is 17.3. The number of hydrogen-bond donors (Lipinski definition) is 0. The van der Waals surface area contributed by atoms with Crippen molar-refractivity contribution in [3.8, 4) is 0 Å². The van der Waals surface area contributed by atoms with Crippen LogP contribution in [-0.2, 0) is 0 Å². The van der Waals surface area contributed by atoms with Crippen molar-refractivity contribution in [3.05, 3.63) is 0 Å². The summed E-state index contributed by atoms with van der Waals surface area (Å²) in [4.78, 5) is 2.71. The largest absolute Gasteiger partial charge is 0.303 e. The number of unbranched alkanes of at least 4 members (excludes halogenated alkanes) is 1. The second-order valence-corrected chi connectivity index (χ2v) is 8.16. The highest BCUT2D eigenvalue weighted by Crippen LogP contribution is 2.79. The molecule has 2 fully saturated rings. The summed E-state index contributed by atoms with van der Waals surface area (Å²) in [5.74, 6) is 2.81. The van der Waals surface area contributed by atoms with Crippen LogP contribution in [0.5, 0.6) is 0 Å². The first-order chi connectivity index (χ1) is 9.97. The minimum atomic E-state index is 0.583. The fourth-order valence-electron chi connectivity index (χ4n) is 6.57. The highest BCUT2D eigenvalue weighted by molar-refractivity contribution is 5.28. The van der Waals surface area contributed by atoms with Crippen molar-refractivity contribution in [3.63, 3.8) is 0 Å². The van der Waals surface area contributed by atoms with Gasteiger partial charge < -0.3 is 4.90 Å². The van der Waals surface area contributed by atoms with E-state index in [0.29, 0.717) is 10.8 Å². The van der Waals surface area contributed by atoms with Crippen LogP contribution in [0.3, 0.4) is 0 Å². The summed E-state index contributed by atoms with van der Waals surface area (Å²) in [7, 11) is 2.39. The smallest absolute Gasteiger partial charge is 0.0216 e. The summed E-state index contributed by atoms with van der Waals surface area (Å²) < 4.78 is 0. The van der Waals surface area contributed by atoms with E-state index in [1.165, 1.54) is 45.1 Å². The Labute approximate surface area is 133 Å². The molecular weight excluding hydrogens is 254 g/mol. The predicted octanol–water partition coefficient (Wildman–Crippen LogP) is 5.60. The van der Waals surface area contributed by atoms with E-state index in [-0.39, 0.29) is 0 Å². The molecule has 1 spiro atoms. The van der Waals surface area contributed by atoms with Gasteiger partial charge in [-0.2, -0.15) is 0 Å². The Balaban J connectivity index is 2.31. The molecule has 2 aliphatic carbocycles. The Bertz CT molecular complexity index is 352. The van der Waals surface area contributed by atoms with E-state index in [1.807, 2.05) is 0 Å². The molecule has 2 saturated carbocycles. The maximum absolute atomic E-state index is 2.71. The molecule has 0 bridgehead atoms. The molecule has 0 amide bonds. The van der Waals surface area contributed by atoms with Gasteiger partial charge in [0.1, 0.15) is 0 Å². The predicted molar refractivity (Wildman–Crippen MR) is 93.5 cm³/mol. The van der Waals surface area contributed by atoms with Crippen LogP contribution in [0.25, 0.3) is 0 Å². The fourth-order valence-corrected chi connectivity index (χ4v) is 6.57. The third kappa shape index (κ3) is 2.21. The van der Waals surface area contributed by atoms with Crippen LogP contribution < -0.4 is 0 Å². The van der Waals surface area contributed by atoms with E-state index in [9.17, 15) is 0 Å². The van der Waals surface area contributed by atoms with Crippen LogP contribution in [-0.4, -0.2) is 24.5 Å². The van der Waals surface area contributed by atoms with Gasteiger partial charge in [0.25, 0.3) is 0 Å². The molecule has 0 aliphatic heterocycles. The van der Waals surface area contributed by atoms with Crippen molar-refractivity contribution in [2.45, 2.75) is 86.1 Å². The van der Waals surface area contributed by atoms with Crippen molar-refractivity contribution < 1.29 is 0 Å².